The molecule has 0 amide bonds. The van der Waals surface area contributed by atoms with E-state index >= 15 is 0 Å². The van der Waals surface area contributed by atoms with Gasteiger partial charge in [-0.25, -0.2) is 19.9 Å². The van der Waals surface area contributed by atoms with E-state index in [1.165, 1.54) is 0 Å². The van der Waals surface area contributed by atoms with Gasteiger partial charge in [-0.05, 0) is 22.0 Å². The van der Waals surface area contributed by atoms with E-state index in [0.29, 0.717) is 6.90 Å². The van der Waals surface area contributed by atoms with Crippen LogP contribution in [0.3, 0.4) is 0 Å². The van der Waals surface area contributed by atoms with E-state index in [1.54, 1.807) is 6.92 Å². The third-order valence-corrected chi connectivity index (χ3v) is 2.58. The van der Waals surface area contributed by atoms with Crippen LogP contribution in [0, 0.1) is 0 Å². The number of nitrogen functional groups attached to an aromatic ring is 2. The predicted octanol–water partition coefficient (Wildman–Crippen LogP) is 4.13. The van der Waals surface area contributed by atoms with Gasteiger partial charge in [0.25, 0.3) is 0 Å². The van der Waals surface area contributed by atoms with Crippen molar-refractivity contribution in [3.05, 3.63) is 34.3 Å². The summed E-state index contributed by atoms with van der Waals surface area (Å²) >= 11 is 5.86. The number of halogens is 7. The Hall–Kier alpha value is -1.97. The summed E-state index contributed by atoms with van der Waals surface area (Å²) in [5.74, 6) is -0.773. The van der Waals surface area contributed by atoms with E-state index in [-0.39, 0.29) is 10.4 Å². The van der Waals surface area contributed by atoms with Crippen LogP contribution >= 0.6 is 28.7 Å². The molecule has 2 heterocycles. The first-order valence-corrected chi connectivity index (χ1v) is 7.78. The first-order chi connectivity index (χ1) is 13.2. The van der Waals surface area contributed by atoms with Crippen LogP contribution in [-0.2, 0) is 12.4 Å². The van der Waals surface area contributed by atoms with Crippen LogP contribution < -0.4 is 11.5 Å². The minimum absolute atomic E-state index is 0.218. The number of alkyl halides is 6. The van der Waals surface area contributed by atoms with E-state index in [4.69, 9.17) is 12.8 Å². The molecule has 2 aromatic rings. The second-order valence-corrected chi connectivity index (χ2v) is 4.92. The van der Waals surface area contributed by atoms with Gasteiger partial charge in [0.1, 0.15) is 5.69 Å². The molecule has 0 atom stereocenters. The van der Waals surface area contributed by atoms with E-state index in [9.17, 15) is 26.3 Å². The van der Waals surface area contributed by atoms with Crippen LogP contribution in [0.25, 0.3) is 0 Å². The molecule has 1 radical (unpaired) electrons. The van der Waals surface area contributed by atoms with Gasteiger partial charge in [0.05, 0.1) is 4.47 Å². The molecule has 0 aliphatic carbocycles. The SMILES string of the molecule is Nc1ncc(Br)c(C(F)(F)F)n1.Nc1nccc(C(F)(F)F)n1.[2H]CC.[B]=NS. The molecule has 16 heteroatoms. The fraction of sp³-hybridized carbons (Fsp3) is 0.333. The van der Waals surface area contributed by atoms with Crippen LogP contribution in [0.5, 0.6) is 0 Å². The first-order valence-electron chi connectivity index (χ1n) is 7.29. The van der Waals surface area contributed by atoms with Crippen LogP contribution in [0.4, 0.5) is 38.2 Å². The molecule has 4 N–H and O–H groups in total. The average molecular weight is 494 g/mol. The monoisotopic (exact) mass is 493 g/mol. The summed E-state index contributed by atoms with van der Waals surface area (Å²) in [4.78, 5) is 12.7. The molecule has 0 saturated heterocycles. The van der Waals surface area contributed by atoms with Gasteiger partial charge in [-0.15, -0.1) is 0 Å². The van der Waals surface area contributed by atoms with E-state index in [2.05, 4.69) is 60.6 Å². The number of rotatable bonds is 0. The number of hydrogen-bond acceptors (Lipinski definition) is 8. The summed E-state index contributed by atoms with van der Waals surface area (Å²) < 4.78 is 80.3. The van der Waals surface area contributed by atoms with Crippen LogP contribution in [-0.4, -0.2) is 27.6 Å². The molecule has 0 aliphatic heterocycles. The predicted molar refractivity (Wildman–Crippen MR) is 99.1 cm³/mol. The molecule has 2 aromatic heterocycles. The van der Waals surface area contributed by atoms with Crippen molar-refractivity contribution in [2.75, 3.05) is 11.5 Å². The second kappa shape index (κ2) is 13.3. The van der Waals surface area contributed by atoms with Gasteiger partial charge in [-0.3, -0.25) is 0 Å². The third kappa shape index (κ3) is 11.7. The number of nitrogens with zero attached hydrogens (tertiary/aromatic N) is 5. The van der Waals surface area contributed by atoms with Gasteiger partial charge in [0.15, 0.2) is 5.69 Å². The zero-order valence-corrected chi connectivity index (χ0v) is 16.5. The Bertz CT molecular complexity index is 753. The van der Waals surface area contributed by atoms with Gasteiger partial charge < -0.3 is 11.5 Å². The number of aromatic nitrogens is 4. The molecular weight excluding hydrogens is 479 g/mol. The van der Waals surface area contributed by atoms with E-state index < -0.39 is 29.7 Å². The van der Waals surface area contributed by atoms with Crippen molar-refractivity contribution in [3.8, 4) is 0 Å². The average Bonchev–Trinajstić information content (AvgIpc) is 2.57. The molecule has 7 nitrogen and oxygen atoms in total. The van der Waals surface area contributed by atoms with Crippen molar-refractivity contribution < 1.29 is 27.7 Å². The van der Waals surface area contributed by atoms with E-state index in [1.807, 2.05) is 0 Å². The number of nitrogens with two attached hydrogens (primary N) is 2. The Balaban J connectivity index is 0. The Morgan fingerprint density at radius 3 is 1.89 bits per heavy atom. The van der Waals surface area contributed by atoms with Crippen LogP contribution in [0.1, 0.15) is 26.6 Å². The normalized spacial score (nSPS) is 10.6. The Morgan fingerprint density at radius 2 is 1.57 bits per heavy atom. The molecule has 0 fully saturated rings. The summed E-state index contributed by atoms with van der Waals surface area (Å²) in [6.45, 7) is 2.29. The Kier molecular flexibility index (Phi) is 12.3. The summed E-state index contributed by atoms with van der Waals surface area (Å²) in [5, 5.41) is 0. The molecule has 0 spiro atoms. The summed E-state index contributed by atoms with van der Waals surface area (Å²) in [6.07, 6.45) is -7.02. The number of hydrogen-bond donors (Lipinski definition) is 3. The van der Waals surface area contributed by atoms with Crippen molar-refractivity contribution in [3.63, 3.8) is 0 Å². The maximum atomic E-state index is 12.1. The number of thiol groups is 1. The molecule has 28 heavy (non-hydrogen) atoms. The van der Waals surface area contributed by atoms with Crippen molar-refractivity contribution in [2.24, 2.45) is 4.30 Å². The molecule has 0 unspecified atom stereocenters. The number of anilines is 2. The maximum absolute atomic E-state index is 12.1. The zero-order valence-electron chi connectivity index (χ0n) is 15.0. The summed E-state index contributed by atoms with van der Waals surface area (Å²) in [5.41, 5.74) is 7.83. The second-order valence-electron chi connectivity index (χ2n) is 3.84. The molecule has 0 aliphatic rings. The van der Waals surface area contributed by atoms with Crippen LogP contribution in [0.15, 0.2) is 27.2 Å². The molecule has 2 rings (SSSR count). The van der Waals surface area contributed by atoms with Gasteiger partial charge in [-0.2, -0.15) is 26.3 Å². The van der Waals surface area contributed by atoms with Gasteiger partial charge in [-0.1, -0.05) is 13.8 Å². The quantitative estimate of drug-likeness (QED) is 0.288. The van der Waals surface area contributed by atoms with Crippen molar-refractivity contribution in [2.45, 2.75) is 26.2 Å². The van der Waals surface area contributed by atoms with Crippen molar-refractivity contribution in [1.29, 1.82) is 0 Å². The first kappa shape index (κ1) is 26.0. The van der Waals surface area contributed by atoms with Crippen LogP contribution in [0.2, 0.25) is 0 Å². The molecule has 0 saturated carbocycles. The fourth-order valence-corrected chi connectivity index (χ4v) is 1.53. The van der Waals surface area contributed by atoms with Gasteiger partial charge in [0.2, 0.25) is 11.9 Å². The van der Waals surface area contributed by atoms with E-state index in [0.717, 1.165) is 18.5 Å². The Morgan fingerprint density at radius 1 is 1.11 bits per heavy atom. The third-order valence-electron chi connectivity index (χ3n) is 2.00. The standard InChI is InChI=1S/C5H3BrF3N3.C5H4F3N3.C2H6.BHNS/c6-2-1-11-4(10)12-3(2)5(7,8)9;6-5(7,8)3-1-2-10-4(9)11-3;1-2;1-2-3/h1H,(H2,10,11,12);1-2H,(H2,9,10,11);1-2H3;3H/i;;1D;. The molecule has 155 valence electrons. The summed E-state index contributed by atoms with van der Waals surface area (Å²) in [7, 11) is 4.34. The van der Waals surface area contributed by atoms with Crippen molar-refractivity contribution >= 4 is 48.3 Å². The fourth-order valence-electron chi connectivity index (χ4n) is 1.11. The molecule has 0 aromatic carbocycles. The summed E-state index contributed by atoms with van der Waals surface area (Å²) in [6, 6.07) is 0.760. The van der Waals surface area contributed by atoms with Gasteiger partial charge in [0, 0.05) is 13.8 Å². The topological polar surface area (TPSA) is 116 Å². The minimum atomic E-state index is -4.50. The van der Waals surface area contributed by atoms with Crippen molar-refractivity contribution in [1.82, 2.24) is 19.9 Å². The zero-order chi connectivity index (χ0) is 23.3. The van der Waals surface area contributed by atoms with Gasteiger partial charge >= 0.3 is 37.1 Å². The Labute approximate surface area is 172 Å². The molecule has 0 bridgehead atoms. The molecular formula is C12H14BBrF6N7S.